The second-order valence-corrected chi connectivity index (χ2v) is 6.34. The van der Waals surface area contributed by atoms with Gasteiger partial charge in [-0.15, -0.1) is 0 Å². The molecule has 0 aliphatic rings. The van der Waals surface area contributed by atoms with E-state index in [2.05, 4.69) is 10.9 Å². The molecule has 2 aromatic carbocycles. The monoisotopic (exact) mass is 402 g/mol. The van der Waals surface area contributed by atoms with Crippen LogP contribution in [0, 0.1) is 0 Å². The summed E-state index contributed by atoms with van der Waals surface area (Å²) in [6.07, 6.45) is -0.826. The van der Waals surface area contributed by atoms with Crippen molar-refractivity contribution in [2.45, 2.75) is 20.0 Å². The van der Waals surface area contributed by atoms with E-state index in [9.17, 15) is 9.59 Å². The van der Waals surface area contributed by atoms with Crippen LogP contribution in [-0.2, 0) is 4.79 Å². The molecule has 0 aliphatic heterocycles. The number of halogens is 1. The Bertz CT molecular complexity index is 984. The summed E-state index contributed by atoms with van der Waals surface area (Å²) in [5.74, 6) is 0.172. The number of nitrogens with one attached hydrogen (secondary N) is 2. The third-order valence-corrected chi connectivity index (χ3v) is 4.05. The Kier molecular flexibility index (Phi) is 6.06. The van der Waals surface area contributed by atoms with Crippen molar-refractivity contribution in [1.29, 1.82) is 0 Å². The van der Waals surface area contributed by atoms with Crippen molar-refractivity contribution >= 4 is 34.4 Å². The molecule has 0 aliphatic carbocycles. The van der Waals surface area contributed by atoms with Gasteiger partial charge in [0.2, 0.25) is 0 Å². The Balaban J connectivity index is 1.53. The number of carbonyl (C=O) groups is 2. The maximum absolute atomic E-state index is 12.2. The van der Waals surface area contributed by atoms with Gasteiger partial charge in [0, 0.05) is 10.4 Å². The Hall–Kier alpha value is -3.19. The van der Waals surface area contributed by atoms with Crippen LogP contribution in [0.15, 0.2) is 52.9 Å². The van der Waals surface area contributed by atoms with Crippen molar-refractivity contribution in [3.05, 3.63) is 59.3 Å². The molecule has 3 rings (SSSR count). The van der Waals surface area contributed by atoms with Gasteiger partial charge in [-0.25, -0.2) is 0 Å². The number of benzene rings is 2. The van der Waals surface area contributed by atoms with E-state index in [-0.39, 0.29) is 5.76 Å². The molecule has 7 nitrogen and oxygen atoms in total. The average molecular weight is 403 g/mol. The van der Waals surface area contributed by atoms with E-state index < -0.39 is 17.9 Å². The van der Waals surface area contributed by atoms with Gasteiger partial charge >= 0.3 is 5.91 Å². The number of furan rings is 1. The minimum absolute atomic E-state index is 0.0534. The van der Waals surface area contributed by atoms with Crippen LogP contribution in [0.1, 0.15) is 24.4 Å². The van der Waals surface area contributed by atoms with Gasteiger partial charge < -0.3 is 13.9 Å². The maximum atomic E-state index is 12.2. The van der Waals surface area contributed by atoms with Gasteiger partial charge in [-0.3, -0.25) is 20.4 Å². The Labute approximate surface area is 166 Å². The average Bonchev–Trinajstić information content (AvgIpc) is 3.10. The van der Waals surface area contributed by atoms with Gasteiger partial charge in [0.25, 0.3) is 5.91 Å². The van der Waals surface area contributed by atoms with Crippen molar-refractivity contribution in [2.24, 2.45) is 0 Å². The second-order valence-electron chi connectivity index (χ2n) is 5.90. The van der Waals surface area contributed by atoms with Crippen LogP contribution in [-0.4, -0.2) is 24.5 Å². The van der Waals surface area contributed by atoms with E-state index in [1.54, 1.807) is 55.5 Å². The molecule has 0 radical (unpaired) electrons. The number of carbonyl (C=O) groups excluding carboxylic acids is 2. The minimum Gasteiger partial charge on any atom is -0.494 e. The molecule has 28 heavy (non-hydrogen) atoms. The zero-order valence-electron chi connectivity index (χ0n) is 15.3. The summed E-state index contributed by atoms with van der Waals surface area (Å²) in [4.78, 5) is 24.3. The van der Waals surface area contributed by atoms with E-state index in [4.69, 9.17) is 25.5 Å². The summed E-state index contributed by atoms with van der Waals surface area (Å²) >= 11 is 5.92. The summed E-state index contributed by atoms with van der Waals surface area (Å²) in [5, 5.41) is 1.23. The van der Waals surface area contributed by atoms with E-state index in [1.165, 1.54) is 0 Å². The third-order valence-electron chi connectivity index (χ3n) is 3.82. The zero-order chi connectivity index (χ0) is 20.1. The topological polar surface area (TPSA) is 89.8 Å². The molecule has 0 unspecified atom stereocenters. The molecule has 1 heterocycles. The molecule has 1 aromatic heterocycles. The number of ether oxygens (including phenoxy) is 2. The highest BCUT2D eigenvalue weighted by Gasteiger charge is 2.18. The highest BCUT2D eigenvalue weighted by Crippen LogP contribution is 2.23. The van der Waals surface area contributed by atoms with E-state index >= 15 is 0 Å². The van der Waals surface area contributed by atoms with Gasteiger partial charge in [0.15, 0.2) is 11.9 Å². The summed E-state index contributed by atoms with van der Waals surface area (Å²) in [6.45, 7) is 4.03. The van der Waals surface area contributed by atoms with Crippen molar-refractivity contribution in [1.82, 2.24) is 10.9 Å². The molecule has 3 aromatic rings. The van der Waals surface area contributed by atoms with Crippen LogP contribution >= 0.6 is 11.6 Å². The van der Waals surface area contributed by atoms with Gasteiger partial charge in [-0.1, -0.05) is 11.6 Å². The Morgan fingerprint density at radius 2 is 1.79 bits per heavy atom. The summed E-state index contributed by atoms with van der Waals surface area (Å²) < 4.78 is 16.3. The van der Waals surface area contributed by atoms with Gasteiger partial charge in [-0.2, -0.15) is 0 Å². The smallest absolute Gasteiger partial charge is 0.305 e. The summed E-state index contributed by atoms with van der Waals surface area (Å²) in [7, 11) is 0. The predicted molar refractivity (Wildman–Crippen MR) is 105 cm³/mol. The van der Waals surface area contributed by atoms with Gasteiger partial charge in [0.05, 0.1) is 6.61 Å². The van der Waals surface area contributed by atoms with Crippen LogP contribution in [0.3, 0.4) is 0 Å². The molecule has 2 N–H and O–H groups in total. The molecular formula is C20H19ClN2O5. The minimum atomic E-state index is -0.826. The first-order chi connectivity index (χ1) is 13.5. The zero-order valence-corrected chi connectivity index (χ0v) is 16.1. The molecule has 8 heteroatoms. The highest BCUT2D eigenvalue weighted by molar-refractivity contribution is 6.31. The van der Waals surface area contributed by atoms with Crippen LogP contribution < -0.4 is 20.3 Å². The molecule has 0 spiro atoms. The first kappa shape index (κ1) is 19.6. The molecule has 146 valence electrons. The SMILES string of the molecule is CCOc1ccc(O[C@@H](C)C(=O)NNC(=O)c2cc3cc(Cl)ccc3o2)cc1. The molecule has 0 bridgehead atoms. The van der Waals surface area contributed by atoms with E-state index in [0.29, 0.717) is 34.1 Å². The largest absolute Gasteiger partial charge is 0.494 e. The Morgan fingerprint density at radius 3 is 2.50 bits per heavy atom. The number of amides is 2. The normalized spacial score (nSPS) is 11.7. The highest BCUT2D eigenvalue weighted by atomic mass is 35.5. The summed E-state index contributed by atoms with van der Waals surface area (Å²) in [6, 6.07) is 13.5. The molecule has 1 atom stereocenters. The lowest BCUT2D eigenvalue weighted by atomic mass is 10.2. The van der Waals surface area contributed by atoms with Crippen molar-refractivity contribution in [3.8, 4) is 11.5 Å². The number of fused-ring (bicyclic) bond motifs is 1. The van der Waals surface area contributed by atoms with Crippen molar-refractivity contribution < 1.29 is 23.5 Å². The van der Waals surface area contributed by atoms with Crippen LogP contribution in [0.5, 0.6) is 11.5 Å². The lowest BCUT2D eigenvalue weighted by Crippen LogP contribution is -2.47. The second kappa shape index (κ2) is 8.67. The number of rotatable bonds is 6. The fourth-order valence-electron chi connectivity index (χ4n) is 2.45. The van der Waals surface area contributed by atoms with E-state index in [0.717, 1.165) is 0 Å². The third kappa shape index (κ3) is 4.75. The fourth-order valence-corrected chi connectivity index (χ4v) is 2.63. The maximum Gasteiger partial charge on any atom is 0.305 e. The summed E-state index contributed by atoms with van der Waals surface area (Å²) in [5.41, 5.74) is 5.14. The molecule has 0 saturated carbocycles. The van der Waals surface area contributed by atoms with Crippen LogP contribution in [0.2, 0.25) is 5.02 Å². The first-order valence-electron chi connectivity index (χ1n) is 8.65. The van der Waals surface area contributed by atoms with Crippen LogP contribution in [0.25, 0.3) is 11.0 Å². The van der Waals surface area contributed by atoms with Gasteiger partial charge in [0.1, 0.15) is 17.1 Å². The first-order valence-corrected chi connectivity index (χ1v) is 9.03. The fraction of sp³-hybridized carbons (Fsp3) is 0.200. The van der Waals surface area contributed by atoms with Crippen molar-refractivity contribution in [2.75, 3.05) is 6.61 Å². The van der Waals surface area contributed by atoms with E-state index in [1.807, 2.05) is 6.92 Å². The Morgan fingerprint density at radius 1 is 1.07 bits per heavy atom. The number of hydrazine groups is 1. The lowest BCUT2D eigenvalue weighted by molar-refractivity contribution is -0.128. The van der Waals surface area contributed by atoms with Gasteiger partial charge in [-0.05, 0) is 62.4 Å². The predicted octanol–water partition coefficient (Wildman–Crippen LogP) is 3.71. The standard InChI is InChI=1S/C20H19ClN2O5/c1-3-26-15-5-7-16(8-6-15)27-12(2)19(24)22-23-20(25)18-11-13-10-14(21)4-9-17(13)28-18/h4-12H,3H2,1-2H3,(H,22,24)(H,23,25)/t12-/m0/s1. The van der Waals surface area contributed by atoms with Crippen molar-refractivity contribution in [3.63, 3.8) is 0 Å². The molecule has 0 saturated heterocycles. The van der Waals surface area contributed by atoms with Crippen LogP contribution in [0.4, 0.5) is 0 Å². The number of hydrogen-bond acceptors (Lipinski definition) is 5. The lowest BCUT2D eigenvalue weighted by Gasteiger charge is -2.15. The molecule has 2 amide bonds. The quantitative estimate of drug-likeness (QED) is 0.613. The molecule has 0 fully saturated rings. The number of hydrogen-bond donors (Lipinski definition) is 2. The molecular weight excluding hydrogens is 384 g/mol.